The standard InChI is InChI=1S/C17H17N3O3S/c1-8-4-6-11(7-5-8)12-10(3)24-15-13(12)16(22)20(17(23)19-15)9(2)14(18)21/h4-7,9H,1-3H3,(H2,18,21)(H,19,23). The monoisotopic (exact) mass is 343 g/mol. The number of H-pyrrole nitrogens is 1. The zero-order valence-electron chi connectivity index (χ0n) is 13.5. The Kier molecular flexibility index (Phi) is 3.88. The minimum absolute atomic E-state index is 0.411. The maximum Gasteiger partial charge on any atom is 0.330 e. The van der Waals surface area contributed by atoms with Crippen LogP contribution < -0.4 is 17.0 Å². The fourth-order valence-corrected chi connectivity index (χ4v) is 3.81. The summed E-state index contributed by atoms with van der Waals surface area (Å²) < 4.78 is 0.883. The molecule has 3 N–H and O–H groups in total. The average Bonchev–Trinajstić information content (AvgIpc) is 2.84. The Morgan fingerprint density at radius 2 is 1.83 bits per heavy atom. The van der Waals surface area contributed by atoms with Crippen LogP contribution in [-0.2, 0) is 4.79 Å². The van der Waals surface area contributed by atoms with E-state index in [2.05, 4.69) is 4.98 Å². The molecule has 1 aromatic carbocycles. The molecule has 2 heterocycles. The Labute approximate surface area is 141 Å². The molecule has 1 unspecified atom stereocenters. The first kappa shape index (κ1) is 16.2. The molecule has 2 aromatic heterocycles. The first-order valence-electron chi connectivity index (χ1n) is 7.45. The number of carbonyl (C=O) groups is 1. The van der Waals surface area contributed by atoms with Crippen molar-refractivity contribution in [3.05, 3.63) is 55.5 Å². The lowest BCUT2D eigenvalue weighted by Gasteiger charge is -2.10. The van der Waals surface area contributed by atoms with Crippen LogP contribution in [0.2, 0.25) is 0 Å². The number of benzene rings is 1. The topological polar surface area (TPSA) is 97.9 Å². The van der Waals surface area contributed by atoms with Crippen LogP contribution in [0.25, 0.3) is 21.3 Å². The minimum Gasteiger partial charge on any atom is -0.368 e. The van der Waals surface area contributed by atoms with E-state index in [-0.39, 0.29) is 0 Å². The lowest BCUT2D eigenvalue weighted by molar-refractivity contribution is -0.120. The van der Waals surface area contributed by atoms with E-state index in [1.54, 1.807) is 0 Å². The highest BCUT2D eigenvalue weighted by molar-refractivity contribution is 7.19. The number of aryl methyl sites for hydroxylation is 2. The summed E-state index contributed by atoms with van der Waals surface area (Å²) in [5, 5.41) is 0.411. The van der Waals surface area contributed by atoms with E-state index >= 15 is 0 Å². The number of fused-ring (bicyclic) bond motifs is 1. The third-order valence-electron chi connectivity index (χ3n) is 4.10. The Bertz CT molecular complexity index is 1060. The summed E-state index contributed by atoms with van der Waals surface area (Å²) in [6.45, 7) is 5.33. The number of aromatic amines is 1. The van der Waals surface area contributed by atoms with E-state index in [0.29, 0.717) is 10.2 Å². The normalized spacial score (nSPS) is 12.5. The van der Waals surface area contributed by atoms with E-state index in [1.807, 2.05) is 38.1 Å². The van der Waals surface area contributed by atoms with Gasteiger partial charge in [0.2, 0.25) is 5.91 Å². The van der Waals surface area contributed by atoms with Gasteiger partial charge in [-0.3, -0.25) is 14.6 Å². The van der Waals surface area contributed by atoms with Crippen molar-refractivity contribution < 1.29 is 4.79 Å². The molecule has 0 spiro atoms. The third-order valence-corrected chi connectivity index (χ3v) is 5.12. The number of nitrogens with one attached hydrogen (secondary N) is 1. The molecule has 3 rings (SSSR count). The number of carbonyl (C=O) groups excluding carboxylic acids is 1. The van der Waals surface area contributed by atoms with Gasteiger partial charge in [0, 0.05) is 10.4 Å². The molecule has 3 aromatic rings. The SMILES string of the molecule is Cc1ccc(-c2c(C)sc3[nH]c(=O)n(C(C)C(N)=O)c(=O)c23)cc1. The number of hydrogen-bond donors (Lipinski definition) is 2. The van der Waals surface area contributed by atoms with Crippen molar-refractivity contribution in [1.29, 1.82) is 0 Å². The number of hydrogen-bond acceptors (Lipinski definition) is 4. The Morgan fingerprint density at radius 1 is 1.21 bits per heavy atom. The number of nitrogens with zero attached hydrogens (tertiary/aromatic N) is 1. The van der Waals surface area contributed by atoms with E-state index in [1.165, 1.54) is 18.3 Å². The van der Waals surface area contributed by atoms with Gasteiger partial charge >= 0.3 is 5.69 Å². The Morgan fingerprint density at radius 3 is 2.42 bits per heavy atom. The van der Waals surface area contributed by atoms with Crippen LogP contribution in [0.3, 0.4) is 0 Å². The first-order chi connectivity index (χ1) is 11.3. The van der Waals surface area contributed by atoms with Crippen LogP contribution in [0.4, 0.5) is 0 Å². The molecule has 0 saturated carbocycles. The van der Waals surface area contributed by atoms with Crippen LogP contribution in [-0.4, -0.2) is 15.5 Å². The van der Waals surface area contributed by atoms with Gasteiger partial charge in [0.15, 0.2) is 0 Å². The smallest absolute Gasteiger partial charge is 0.330 e. The van der Waals surface area contributed by atoms with Crippen LogP contribution in [0.5, 0.6) is 0 Å². The second-order valence-electron chi connectivity index (χ2n) is 5.79. The molecular weight excluding hydrogens is 326 g/mol. The number of aromatic nitrogens is 2. The molecule has 0 aliphatic carbocycles. The molecule has 24 heavy (non-hydrogen) atoms. The summed E-state index contributed by atoms with van der Waals surface area (Å²) in [6.07, 6.45) is 0. The van der Waals surface area contributed by atoms with Crippen LogP contribution >= 0.6 is 11.3 Å². The zero-order chi connectivity index (χ0) is 17.6. The van der Waals surface area contributed by atoms with Crippen molar-refractivity contribution in [2.24, 2.45) is 5.73 Å². The lowest BCUT2D eigenvalue weighted by Crippen LogP contribution is -2.41. The number of rotatable bonds is 3. The third kappa shape index (κ3) is 2.46. The van der Waals surface area contributed by atoms with E-state index < -0.39 is 23.2 Å². The molecule has 0 radical (unpaired) electrons. The average molecular weight is 343 g/mol. The van der Waals surface area contributed by atoms with E-state index in [9.17, 15) is 14.4 Å². The summed E-state index contributed by atoms with van der Waals surface area (Å²) in [4.78, 5) is 40.7. The predicted octanol–water partition coefficient (Wildman–Crippen LogP) is 2.08. The quantitative estimate of drug-likeness (QED) is 0.762. The molecule has 0 saturated heterocycles. The molecule has 0 bridgehead atoms. The second kappa shape index (κ2) is 5.76. The summed E-state index contributed by atoms with van der Waals surface area (Å²) in [6, 6.07) is 6.80. The van der Waals surface area contributed by atoms with E-state index in [0.717, 1.165) is 26.1 Å². The van der Waals surface area contributed by atoms with Crippen molar-refractivity contribution in [2.75, 3.05) is 0 Å². The molecule has 0 aliphatic rings. The zero-order valence-corrected chi connectivity index (χ0v) is 14.4. The first-order valence-corrected chi connectivity index (χ1v) is 8.27. The van der Waals surface area contributed by atoms with Crippen molar-refractivity contribution in [2.45, 2.75) is 26.8 Å². The van der Waals surface area contributed by atoms with Crippen LogP contribution in [0, 0.1) is 13.8 Å². The van der Waals surface area contributed by atoms with Gasteiger partial charge in [0.05, 0.1) is 5.39 Å². The molecular formula is C17H17N3O3S. The van der Waals surface area contributed by atoms with Crippen molar-refractivity contribution >= 4 is 27.5 Å². The molecule has 1 amide bonds. The van der Waals surface area contributed by atoms with Gasteiger partial charge in [0.1, 0.15) is 10.9 Å². The Balaban J connectivity index is 2.40. The lowest BCUT2D eigenvalue weighted by atomic mass is 10.0. The minimum atomic E-state index is -1.02. The van der Waals surface area contributed by atoms with Crippen LogP contribution in [0.1, 0.15) is 23.4 Å². The van der Waals surface area contributed by atoms with Crippen LogP contribution in [0.15, 0.2) is 33.9 Å². The number of primary amides is 1. The van der Waals surface area contributed by atoms with Crippen molar-refractivity contribution in [1.82, 2.24) is 9.55 Å². The summed E-state index contributed by atoms with van der Waals surface area (Å²) in [5.41, 5.74) is 6.93. The molecule has 0 aliphatic heterocycles. The fourth-order valence-electron chi connectivity index (χ4n) is 2.75. The van der Waals surface area contributed by atoms with Gasteiger partial charge in [-0.25, -0.2) is 9.36 Å². The Hall–Kier alpha value is -2.67. The summed E-state index contributed by atoms with van der Waals surface area (Å²) in [5.74, 6) is -0.731. The second-order valence-corrected chi connectivity index (χ2v) is 7.01. The summed E-state index contributed by atoms with van der Waals surface area (Å²) in [7, 11) is 0. The van der Waals surface area contributed by atoms with Gasteiger partial charge in [-0.15, -0.1) is 11.3 Å². The number of nitrogens with two attached hydrogens (primary N) is 1. The van der Waals surface area contributed by atoms with E-state index in [4.69, 9.17) is 5.73 Å². The van der Waals surface area contributed by atoms with Crippen molar-refractivity contribution in [3.63, 3.8) is 0 Å². The highest BCUT2D eigenvalue weighted by atomic mass is 32.1. The maximum atomic E-state index is 12.9. The number of thiophene rings is 1. The van der Waals surface area contributed by atoms with Gasteiger partial charge in [-0.05, 0) is 26.3 Å². The molecule has 6 nitrogen and oxygen atoms in total. The van der Waals surface area contributed by atoms with Gasteiger partial charge in [-0.1, -0.05) is 29.8 Å². The highest BCUT2D eigenvalue weighted by Gasteiger charge is 2.22. The largest absolute Gasteiger partial charge is 0.368 e. The maximum absolute atomic E-state index is 12.9. The molecule has 7 heteroatoms. The molecule has 124 valence electrons. The highest BCUT2D eigenvalue weighted by Crippen LogP contribution is 2.35. The number of amides is 1. The molecule has 0 fully saturated rings. The van der Waals surface area contributed by atoms with Gasteiger partial charge in [-0.2, -0.15) is 0 Å². The predicted molar refractivity (Wildman–Crippen MR) is 95.5 cm³/mol. The van der Waals surface area contributed by atoms with Crippen molar-refractivity contribution in [3.8, 4) is 11.1 Å². The fraction of sp³-hybridized carbons (Fsp3) is 0.235. The van der Waals surface area contributed by atoms with Gasteiger partial charge in [0.25, 0.3) is 5.56 Å². The molecule has 1 atom stereocenters. The summed E-state index contributed by atoms with van der Waals surface area (Å²) >= 11 is 1.35. The van der Waals surface area contributed by atoms with Gasteiger partial charge < -0.3 is 5.73 Å².